The number of thiocarbonyl (C=S) groups is 1. The van der Waals surface area contributed by atoms with Crippen molar-refractivity contribution < 1.29 is 9.90 Å². The van der Waals surface area contributed by atoms with Crippen LogP contribution in [0.3, 0.4) is 0 Å². The summed E-state index contributed by atoms with van der Waals surface area (Å²) < 4.78 is 0.557. The van der Waals surface area contributed by atoms with E-state index in [1.165, 1.54) is 17.3 Å². The molecule has 1 aromatic carbocycles. The lowest BCUT2D eigenvalue weighted by Crippen LogP contribution is -2.35. The van der Waals surface area contributed by atoms with Crippen LogP contribution in [0.25, 0.3) is 0 Å². The zero-order valence-corrected chi connectivity index (χ0v) is 11.0. The summed E-state index contributed by atoms with van der Waals surface area (Å²) in [5.41, 5.74) is 2.26. The lowest BCUT2D eigenvalue weighted by Gasteiger charge is -2.14. The molecule has 1 aromatic rings. The fourth-order valence-corrected chi connectivity index (χ4v) is 3.29. The third kappa shape index (κ3) is 2.61. The number of carboxylic acid groups (broad SMARTS) is 1. The monoisotopic (exact) mass is 267 g/mol. The zero-order chi connectivity index (χ0) is 12.4. The van der Waals surface area contributed by atoms with Gasteiger partial charge < -0.3 is 10.4 Å². The van der Waals surface area contributed by atoms with Gasteiger partial charge >= 0.3 is 5.97 Å². The number of carbonyl (C=O) groups is 1. The first-order chi connectivity index (χ1) is 8.11. The van der Waals surface area contributed by atoms with Crippen LogP contribution < -0.4 is 5.32 Å². The Morgan fingerprint density at radius 1 is 1.47 bits per heavy atom. The highest BCUT2D eigenvalue weighted by Gasteiger charge is 2.37. The van der Waals surface area contributed by atoms with Crippen molar-refractivity contribution in [2.75, 3.05) is 0 Å². The van der Waals surface area contributed by atoms with Gasteiger partial charge in [-0.2, -0.15) is 0 Å². The fraction of sp³-hybridized carbons (Fsp3) is 0.333. The molecule has 0 bridgehead atoms. The highest BCUT2D eigenvalue weighted by molar-refractivity contribution is 8.23. The van der Waals surface area contributed by atoms with Gasteiger partial charge in [0.05, 0.1) is 5.25 Å². The number of rotatable bonds is 3. The van der Waals surface area contributed by atoms with E-state index in [-0.39, 0.29) is 5.25 Å². The van der Waals surface area contributed by atoms with Gasteiger partial charge in [0.15, 0.2) is 0 Å². The third-order valence-electron chi connectivity index (χ3n) is 2.79. The highest BCUT2D eigenvalue weighted by Crippen LogP contribution is 2.38. The van der Waals surface area contributed by atoms with Crippen molar-refractivity contribution in [3.8, 4) is 0 Å². The van der Waals surface area contributed by atoms with Gasteiger partial charge in [-0.1, -0.05) is 55.2 Å². The molecule has 1 heterocycles. The molecule has 3 nitrogen and oxygen atoms in total. The Bertz CT molecular complexity index is 444. The molecule has 0 amide bonds. The van der Waals surface area contributed by atoms with E-state index in [1.54, 1.807) is 0 Å². The van der Waals surface area contributed by atoms with Crippen molar-refractivity contribution in [2.24, 2.45) is 0 Å². The predicted octanol–water partition coefficient (Wildman–Crippen LogP) is 2.36. The maximum atomic E-state index is 11.1. The molecule has 90 valence electrons. The Kier molecular flexibility index (Phi) is 3.69. The Morgan fingerprint density at radius 2 is 2.12 bits per heavy atom. The lowest BCUT2D eigenvalue weighted by atomic mass is 10.0. The van der Waals surface area contributed by atoms with Gasteiger partial charge in [0, 0.05) is 0 Å². The zero-order valence-electron chi connectivity index (χ0n) is 9.34. The molecule has 17 heavy (non-hydrogen) atoms. The van der Waals surface area contributed by atoms with Gasteiger partial charge in [-0.3, -0.25) is 0 Å². The molecule has 1 aliphatic rings. The van der Waals surface area contributed by atoms with Crippen LogP contribution in [-0.4, -0.2) is 21.4 Å². The molecule has 1 fully saturated rings. The van der Waals surface area contributed by atoms with E-state index in [4.69, 9.17) is 17.3 Å². The Balaban J connectivity index is 2.25. The highest BCUT2D eigenvalue weighted by atomic mass is 32.2. The van der Waals surface area contributed by atoms with Gasteiger partial charge in [0.2, 0.25) is 0 Å². The predicted molar refractivity (Wildman–Crippen MR) is 73.3 cm³/mol. The van der Waals surface area contributed by atoms with Gasteiger partial charge in [0.1, 0.15) is 10.4 Å². The second-order valence-electron chi connectivity index (χ2n) is 3.88. The van der Waals surface area contributed by atoms with E-state index in [1.807, 2.05) is 24.3 Å². The molecule has 0 radical (unpaired) electrons. The maximum absolute atomic E-state index is 11.1. The van der Waals surface area contributed by atoms with Crippen LogP contribution in [0.2, 0.25) is 0 Å². The molecule has 2 unspecified atom stereocenters. The average Bonchev–Trinajstić information content (AvgIpc) is 2.72. The summed E-state index contributed by atoms with van der Waals surface area (Å²) in [6.07, 6.45) is 0.983. The summed E-state index contributed by atoms with van der Waals surface area (Å²) in [7, 11) is 0. The normalized spacial score (nSPS) is 23.5. The summed E-state index contributed by atoms with van der Waals surface area (Å²) in [6.45, 7) is 2.09. The minimum absolute atomic E-state index is 0.133. The second-order valence-corrected chi connectivity index (χ2v) is 5.70. The summed E-state index contributed by atoms with van der Waals surface area (Å²) in [5, 5.41) is 11.8. The van der Waals surface area contributed by atoms with Crippen molar-refractivity contribution in [3.63, 3.8) is 0 Å². The number of hydrogen-bond acceptors (Lipinski definition) is 3. The molecule has 0 aliphatic carbocycles. The number of hydrogen-bond donors (Lipinski definition) is 2. The van der Waals surface area contributed by atoms with Crippen molar-refractivity contribution in [2.45, 2.75) is 24.6 Å². The molecular formula is C12H13NO2S2. The summed E-state index contributed by atoms with van der Waals surface area (Å²) >= 11 is 6.44. The van der Waals surface area contributed by atoms with Crippen LogP contribution in [0.4, 0.5) is 0 Å². The minimum Gasteiger partial charge on any atom is -0.480 e. The van der Waals surface area contributed by atoms with Gasteiger partial charge in [0.25, 0.3) is 0 Å². The van der Waals surface area contributed by atoms with E-state index >= 15 is 0 Å². The van der Waals surface area contributed by atoms with Crippen LogP contribution in [-0.2, 0) is 11.2 Å². The summed E-state index contributed by atoms with van der Waals surface area (Å²) in [4.78, 5) is 11.1. The number of aliphatic carboxylic acids is 1. The van der Waals surface area contributed by atoms with E-state index in [0.717, 1.165) is 12.0 Å². The van der Waals surface area contributed by atoms with E-state index in [9.17, 15) is 4.79 Å². The molecule has 0 spiro atoms. The Morgan fingerprint density at radius 3 is 2.65 bits per heavy atom. The standard InChI is InChI=1S/C12H13NO2S2/c1-2-7-3-5-8(6-4-7)10-9(11(14)15)13-12(16)17-10/h3-6,9-10H,2H2,1H3,(H,13,16)(H,14,15). The largest absolute Gasteiger partial charge is 0.480 e. The van der Waals surface area contributed by atoms with Crippen molar-refractivity contribution in [3.05, 3.63) is 35.4 Å². The topological polar surface area (TPSA) is 49.3 Å². The number of nitrogens with one attached hydrogen (secondary N) is 1. The van der Waals surface area contributed by atoms with E-state index in [2.05, 4.69) is 12.2 Å². The fourth-order valence-electron chi connectivity index (χ4n) is 1.81. The molecule has 2 rings (SSSR count). The Labute approximate surface area is 110 Å². The molecule has 0 saturated carbocycles. The molecular weight excluding hydrogens is 254 g/mol. The first kappa shape index (κ1) is 12.4. The smallest absolute Gasteiger partial charge is 0.327 e. The van der Waals surface area contributed by atoms with Gasteiger partial charge in [-0.25, -0.2) is 4.79 Å². The summed E-state index contributed by atoms with van der Waals surface area (Å²) in [5.74, 6) is -0.859. The SMILES string of the molecule is CCc1ccc(C2SC(=S)NC2C(=O)O)cc1. The number of aryl methyl sites for hydroxylation is 1. The molecule has 2 atom stereocenters. The number of thioether (sulfide) groups is 1. The second kappa shape index (κ2) is 5.06. The minimum atomic E-state index is -0.859. The van der Waals surface area contributed by atoms with Crippen LogP contribution in [0.5, 0.6) is 0 Å². The molecule has 1 aliphatic heterocycles. The quantitative estimate of drug-likeness (QED) is 0.823. The molecule has 5 heteroatoms. The van der Waals surface area contributed by atoms with Crippen LogP contribution in [0, 0.1) is 0 Å². The molecule has 2 N–H and O–H groups in total. The van der Waals surface area contributed by atoms with E-state index in [0.29, 0.717) is 4.32 Å². The first-order valence-electron chi connectivity index (χ1n) is 5.40. The molecule has 0 aromatic heterocycles. The number of carboxylic acids is 1. The van der Waals surface area contributed by atoms with Crippen molar-refractivity contribution in [1.82, 2.24) is 5.32 Å². The van der Waals surface area contributed by atoms with Crippen LogP contribution >= 0.6 is 24.0 Å². The Hall–Kier alpha value is -1.07. The summed E-state index contributed by atoms with van der Waals surface area (Å²) in [6, 6.07) is 7.43. The first-order valence-corrected chi connectivity index (χ1v) is 6.69. The maximum Gasteiger partial charge on any atom is 0.327 e. The number of benzene rings is 1. The van der Waals surface area contributed by atoms with Crippen LogP contribution in [0.15, 0.2) is 24.3 Å². The van der Waals surface area contributed by atoms with Crippen molar-refractivity contribution >= 4 is 34.3 Å². The van der Waals surface area contributed by atoms with E-state index < -0.39 is 12.0 Å². The van der Waals surface area contributed by atoms with Gasteiger partial charge in [-0.15, -0.1) is 0 Å². The van der Waals surface area contributed by atoms with Gasteiger partial charge in [-0.05, 0) is 17.5 Å². The average molecular weight is 267 g/mol. The van der Waals surface area contributed by atoms with Crippen LogP contribution in [0.1, 0.15) is 23.3 Å². The molecule has 1 saturated heterocycles. The lowest BCUT2D eigenvalue weighted by molar-refractivity contribution is -0.138. The third-order valence-corrected chi connectivity index (χ3v) is 4.33. The van der Waals surface area contributed by atoms with Crippen molar-refractivity contribution in [1.29, 1.82) is 0 Å².